The molecule has 2 aromatic carbocycles. The summed E-state index contributed by atoms with van der Waals surface area (Å²) in [6.45, 7) is 6.79. The van der Waals surface area contributed by atoms with E-state index in [1.165, 1.54) is 0 Å². The Kier molecular flexibility index (Phi) is 10.9. The molecular weight excluding hydrogens is 845 g/mol. The predicted molar refractivity (Wildman–Crippen MR) is 240 cm³/mol. The first-order chi connectivity index (χ1) is 32.0. The summed E-state index contributed by atoms with van der Waals surface area (Å²) < 4.78 is 13.3. The average Bonchev–Trinajstić information content (AvgIpc) is 3.51. The van der Waals surface area contributed by atoms with Gasteiger partial charge in [-0.25, -0.2) is 19.6 Å². The highest BCUT2D eigenvalue weighted by Gasteiger charge is 2.45. The monoisotopic (exact) mass is 892 g/mol. The number of benzene rings is 2. The Balaban J connectivity index is 0.809. The zero-order valence-corrected chi connectivity index (χ0v) is 37.0. The molecule has 0 bridgehead atoms. The van der Waals surface area contributed by atoms with Crippen LogP contribution in [-0.4, -0.2) is 94.0 Å². The van der Waals surface area contributed by atoms with Crippen LogP contribution in [0.1, 0.15) is 117 Å². The molecule has 19 heteroatoms. The quantitative estimate of drug-likeness (QED) is 0.0562. The number of fused-ring (bicyclic) bond motifs is 4. The number of ether oxygens (including phenoxy) is 1. The second-order valence-electron chi connectivity index (χ2n) is 17.1. The molecule has 5 aromatic heterocycles. The molecule has 0 spiro atoms. The Bertz CT molecular complexity index is 3100. The van der Waals surface area contributed by atoms with Gasteiger partial charge in [-0.3, -0.25) is 34.2 Å². The average molecular weight is 893 g/mol. The van der Waals surface area contributed by atoms with Crippen molar-refractivity contribution in [1.82, 2.24) is 55.4 Å². The molecular formula is C47H48N12O7. The van der Waals surface area contributed by atoms with Crippen molar-refractivity contribution in [3.63, 3.8) is 0 Å². The third-order valence-electron chi connectivity index (χ3n) is 12.6. The van der Waals surface area contributed by atoms with E-state index in [1.54, 1.807) is 25.4 Å². The van der Waals surface area contributed by atoms with Crippen molar-refractivity contribution >= 4 is 63.1 Å². The van der Waals surface area contributed by atoms with Gasteiger partial charge in [-0.2, -0.15) is 5.10 Å². The smallest absolute Gasteiger partial charge is 0.289 e. The summed E-state index contributed by atoms with van der Waals surface area (Å²) in [5, 5.41) is 19.2. The SMILES string of the molecule is CCn1nc(C2CC2)cc1Nc1nc(C(=O)NCCCc2cnc(CCCc3cccc4c3C(=O)N(C3CCC(=O)NC3=O)C4=O)[nH]2)nc2[nH]c3cc(-c4c(C)noc4C)c(OC)cc3c12. The van der Waals surface area contributed by atoms with Crippen molar-refractivity contribution in [2.45, 2.75) is 97.1 Å². The molecule has 1 atom stereocenters. The first-order valence-electron chi connectivity index (χ1n) is 22.3. The maximum absolute atomic E-state index is 13.8. The highest BCUT2D eigenvalue weighted by Crippen LogP contribution is 2.43. The molecule has 5 amide bonds. The molecule has 7 aromatic rings. The number of hydrogen-bond acceptors (Lipinski definition) is 13. The number of aromatic amines is 2. The third kappa shape index (κ3) is 7.72. The van der Waals surface area contributed by atoms with E-state index in [2.05, 4.69) is 42.1 Å². The van der Waals surface area contributed by atoms with Crippen LogP contribution in [0.4, 0.5) is 11.6 Å². The number of nitrogens with one attached hydrogen (secondary N) is 5. The van der Waals surface area contributed by atoms with Crippen LogP contribution in [-0.2, 0) is 35.4 Å². The molecule has 2 fully saturated rings. The summed E-state index contributed by atoms with van der Waals surface area (Å²) >= 11 is 0. The number of nitrogens with zero attached hydrogens (tertiary/aromatic N) is 7. The normalized spacial score (nSPS) is 16.1. The Morgan fingerprint density at radius 3 is 2.56 bits per heavy atom. The lowest BCUT2D eigenvalue weighted by Gasteiger charge is -2.27. The first-order valence-corrected chi connectivity index (χ1v) is 22.3. The summed E-state index contributed by atoms with van der Waals surface area (Å²) in [5.74, 6) is 1.23. The van der Waals surface area contributed by atoms with Crippen LogP contribution in [0, 0.1) is 13.8 Å². The molecule has 1 unspecified atom stereocenters. The van der Waals surface area contributed by atoms with Crippen molar-refractivity contribution < 1.29 is 33.2 Å². The van der Waals surface area contributed by atoms with Crippen molar-refractivity contribution in [2.24, 2.45) is 0 Å². The third-order valence-corrected chi connectivity index (χ3v) is 12.6. The van der Waals surface area contributed by atoms with Gasteiger partial charge in [0.05, 0.1) is 40.6 Å². The van der Waals surface area contributed by atoms with E-state index in [0.29, 0.717) is 85.0 Å². The fraction of sp³-hybridized carbons (Fsp3) is 0.362. The number of rotatable bonds is 16. The van der Waals surface area contributed by atoms with Crippen molar-refractivity contribution in [1.29, 1.82) is 0 Å². The lowest BCUT2D eigenvalue weighted by atomic mass is 9.98. The van der Waals surface area contributed by atoms with E-state index in [9.17, 15) is 24.0 Å². The lowest BCUT2D eigenvalue weighted by molar-refractivity contribution is -0.136. The Labute approximate surface area is 377 Å². The highest BCUT2D eigenvalue weighted by atomic mass is 16.5. The first kappa shape index (κ1) is 42.3. The zero-order valence-electron chi connectivity index (χ0n) is 37.0. The number of hydrogen-bond donors (Lipinski definition) is 5. The molecule has 19 nitrogen and oxygen atoms in total. The summed E-state index contributed by atoms with van der Waals surface area (Å²) in [4.78, 5) is 86.7. The number of carbonyl (C=O) groups is 5. The van der Waals surface area contributed by atoms with Gasteiger partial charge in [0.15, 0.2) is 0 Å². The molecule has 10 rings (SSSR count). The minimum absolute atomic E-state index is 0.00193. The second kappa shape index (κ2) is 17.0. The summed E-state index contributed by atoms with van der Waals surface area (Å²) in [7, 11) is 1.62. The van der Waals surface area contributed by atoms with Crippen molar-refractivity contribution in [3.8, 4) is 16.9 Å². The number of imide groups is 2. The Hall–Kier alpha value is -7.70. The summed E-state index contributed by atoms with van der Waals surface area (Å²) in [5.41, 5.74) is 6.87. The number of methoxy groups -OCH3 is 1. The minimum atomic E-state index is -1.01. The fourth-order valence-electron chi connectivity index (χ4n) is 9.19. The van der Waals surface area contributed by atoms with Crippen LogP contribution in [0.25, 0.3) is 33.1 Å². The molecule has 1 saturated heterocycles. The second-order valence-corrected chi connectivity index (χ2v) is 17.1. The van der Waals surface area contributed by atoms with Gasteiger partial charge >= 0.3 is 0 Å². The maximum Gasteiger partial charge on any atom is 0.289 e. The minimum Gasteiger partial charge on any atom is -0.496 e. The topological polar surface area (TPSA) is 248 Å². The fourth-order valence-corrected chi connectivity index (χ4v) is 9.19. The summed E-state index contributed by atoms with van der Waals surface area (Å²) in [6.07, 6.45) is 7.17. The van der Waals surface area contributed by atoms with Gasteiger partial charge in [0.2, 0.25) is 17.6 Å². The largest absolute Gasteiger partial charge is 0.496 e. The molecule has 7 heterocycles. The lowest BCUT2D eigenvalue weighted by Crippen LogP contribution is -2.54. The molecule has 1 aliphatic carbocycles. The number of H-pyrrole nitrogens is 2. The van der Waals surface area contributed by atoms with Crippen LogP contribution < -0.4 is 20.7 Å². The number of anilines is 2. The van der Waals surface area contributed by atoms with Gasteiger partial charge < -0.3 is 29.9 Å². The van der Waals surface area contributed by atoms with E-state index in [0.717, 1.165) is 74.1 Å². The Morgan fingerprint density at radius 1 is 0.955 bits per heavy atom. The van der Waals surface area contributed by atoms with Crippen molar-refractivity contribution in [2.75, 3.05) is 19.0 Å². The number of amides is 5. The van der Waals surface area contributed by atoms with E-state index < -0.39 is 35.6 Å². The highest BCUT2D eigenvalue weighted by molar-refractivity contribution is 6.24. The molecule has 0 radical (unpaired) electrons. The summed E-state index contributed by atoms with van der Waals surface area (Å²) in [6, 6.07) is 10.1. The molecule has 338 valence electrons. The Morgan fingerprint density at radius 2 is 1.80 bits per heavy atom. The van der Waals surface area contributed by atoms with Gasteiger partial charge in [-0.1, -0.05) is 17.3 Å². The zero-order chi connectivity index (χ0) is 45.8. The number of imidazole rings is 1. The predicted octanol–water partition coefficient (Wildman–Crippen LogP) is 5.89. The number of aromatic nitrogens is 8. The van der Waals surface area contributed by atoms with Crippen LogP contribution in [0.3, 0.4) is 0 Å². The molecule has 66 heavy (non-hydrogen) atoms. The van der Waals surface area contributed by atoms with E-state index in [-0.39, 0.29) is 24.2 Å². The number of carbonyl (C=O) groups excluding carboxylic acids is 5. The van der Waals surface area contributed by atoms with E-state index in [1.807, 2.05) is 43.7 Å². The standard InChI is InChI=1S/C47H48N12O7/c1-5-58-36(21-31(56-58)25-14-15-25)52-42-40-29-20-34(65-4)30(38-23(2)57-66-24(38)3)19-32(29)51-41(40)54-43(55-42)45(62)48-18-8-11-27-22-49-35(50-27)13-7-10-26-9-6-12-28-39(26)47(64)59(46(28)63)33-16-17-37(60)53-44(33)61/h6,9,12,19-22,25,33H,5,7-8,10-11,13-18H2,1-4H3,(H,48,62)(H,49,50)(H,53,60,61)(H2,51,52,54,55). The van der Waals surface area contributed by atoms with Gasteiger partial charge in [0.1, 0.15) is 40.7 Å². The van der Waals surface area contributed by atoms with Crippen LogP contribution in [0.5, 0.6) is 5.75 Å². The van der Waals surface area contributed by atoms with E-state index in [4.69, 9.17) is 24.3 Å². The van der Waals surface area contributed by atoms with Gasteiger partial charge in [0, 0.05) is 66.3 Å². The van der Waals surface area contributed by atoms with Crippen molar-refractivity contribution in [3.05, 3.63) is 93.8 Å². The van der Waals surface area contributed by atoms with Crippen LogP contribution in [0.2, 0.25) is 0 Å². The van der Waals surface area contributed by atoms with Crippen LogP contribution >= 0.6 is 0 Å². The molecule has 1 saturated carbocycles. The van der Waals surface area contributed by atoms with Gasteiger partial charge in [-0.15, -0.1) is 0 Å². The number of piperidine rings is 1. The maximum atomic E-state index is 13.8. The van der Waals surface area contributed by atoms with Gasteiger partial charge in [0.25, 0.3) is 17.7 Å². The molecule has 3 aliphatic rings. The molecule has 2 aliphatic heterocycles. The van der Waals surface area contributed by atoms with Gasteiger partial charge in [-0.05, 0) is 89.5 Å². The van der Waals surface area contributed by atoms with Crippen LogP contribution in [0.15, 0.2) is 47.1 Å². The number of aryl methyl sites for hydroxylation is 6. The molecule has 5 N–H and O–H groups in total. The van der Waals surface area contributed by atoms with E-state index >= 15 is 0 Å².